The summed E-state index contributed by atoms with van der Waals surface area (Å²) < 4.78 is 12.2. The van der Waals surface area contributed by atoms with E-state index in [4.69, 9.17) is 9.47 Å². The van der Waals surface area contributed by atoms with Crippen molar-refractivity contribution >= 4 is 11.9 Å². The quantitative estimate of drug-likeness (QED) is 0.395. The molecule has 0 spiro atoms. The molecule has 1 aromatic carbocycles. The van der Waals surface area contributed by atoms with E-state index in [1.165, 1.54) is 0 Å². The number of benzene rings is 1. The summed E-state index contributed by atoms with van der Waals surface area (Å²) in [5.41, 5.74) is 1.00. The number of carbonyl (C=O) groups excluding carboxylic acids is 1. The van der Waals surface area contributed by atoms with Gasteiger partial charge in [-0.1, -0.05) is 12.1 Å². The van der Waals surface area contributed by atoms with Gasteiger partial charge in [-0.15, -0.1) is 0 Å². The number of amides is 1. The van der Waals surface area contributed by atoms with Gasteiger partial charge in [0.15, 0.2) is 11.8 Å². The van der Waals surface area contributed by atoms with Crippen molar-refractivity contribution in [2.24, 2.45) is 4.99 Å². The molecule has 1 aliphatic rings. The number of ether oxygens (including phenoxy) is 2. The van der Waals surface area contributed by atoms with E-state index in [0.717, 1.165) is 30.0 Å². The van der Waals surface area contributed by atoms with Crippen LogP contribution in [0.4, 0.5) is 0 Å². The third kappa shape index (κ3) is 6.68. The number of nitrogens with one attached hydrogen (secondary N) is 3. The van der Waals surface area contributed by atoms with Crippen LogP contribution in [0.5, 0.6) is 5.75 Å². The van der Waals surface area contributed by atoms with Crippen molar-refractivity contribution in [1.82, 2.24) is 30.7 Å². The van der Waals surface area contributed by atoms with Crippen molar-refractivity contribution < 1.29 is 14.3 Å². The highest BCUT2D eigenvalue weighted by molar-refractivity contribution is 5.85. The van der Waals surface area contributed by atoms with E-state index in [0.29, 0.717) is 38.0 Å². The first-order chi connectivity index (χ1) is 15.1. The number of aryl methyl sites for hydroxylation is 1. The summed E-state index contributed by atoms with van der Waals surface area (Å²) in [6.07, 6.45) is 1.75. The minimum absolute atomic E-state index is 0.0464. The molecule has 2 aromatic rings. The van der Waals surface area contributed by atoms with Gasteiger partial charge in [0, 0.05) is 32.7 Å². The number of aliphatic imine (C=N–C) groups is 1. The van der Waals surface area contributed by atoms with E-state index >= 15 is 0 Å². The number of guanidine groups is 1. The average molecular weight is 430 g/mol. The summed E-state index contributed by atoms with van der Waals surface area (Å²) in [5.74, 6) is 2.95. The maximum absolute atomic E-state index is 12.2. The smallest absolute Gasteiger partial charge is 0.242 e. The largest absolute Gasteiger partial charge is 0.497 e. The molecule has 10 nitrogen and oxygen atoms in total. The fourth-order valence-corrected chi connectivity index (χ4v) is 3.33. The normalized spacial score (nSPS) is 15.8. The van der Waals surface area contributed by atoms with Crippen LogP contribution in [-0.4, -0.2) is 60.0 Å². The highest BCUT2D eigenvalue weighted by atomic mass is 16.5. The second-order valence-corrected chi connectivity index (χ2v) is 7.26. The van der Waals surface area contributed by atoms with E-state index < -0.39 is 0 Å². The first-order valence-corrected chi connectivity index (χ1v) is 10.5. The lowest BCUT2D eigenvalue weighted by Crippen LogP contribution is -2.47. The molecule has 1 amide bonds. The minimum atomic E-state index is -0.139. The third-order valence-corrected chi connectivity index (χ3v) is 4.89. The van der Waals surface area contributed by atoms with Crippen LogP contribution >= 0.6 is 0 Å². The second kappa shape index (κ2) is 11.3. The molecule has 1 aromatic heterocycles. The number of hydrogen-bond acceptors (Lipinski definition) is 6. The van der Waals surface area contributed by atoms with E-state index in [1.54, 1.807) is 14.2 Å². The highest BCUT2D eigenvalue weighted by Crippen LogP contribution is 2.13. The van der Waals surface area contributed by atoms with Crippen LogP contribution in [0.15, 0.2) is 29.3 Å². The molecule has 10 heteroatoms. The monoisotopic (exact) mass is 429 g/mol. The zero-order chi connectivity index (χ0) is 22.1. The van der Waals surface area contributed by atoms with Gasteiger partial charge in [0.05, 0.1) is 13.7 Å². The van der Waals surface area contributed by atoms with Crippen molar-refractivity contribution in [2.75, 3.05) is 27.3 Å². The van der Waals surface area contributed by atoms with E-state index in [-0.39, 0.29) is 18.5 Å². The Morgan fingerprint density at radius 3 is 2.77 bits per heavy atom. The maximum atomic E-state index is 12.2. The molecule has 2 heterocycles. The van der Waals surface area contributed by atoms with Crippen molar-refractivity contribution in [1.29, 1.82) is 0 Å². The number of carbonyl (C=O) groups is 1. The van der Waals surface area contributed by atoms with E-state index in [9.17, 15) is 4.79 Å². The van der Waals surface area contributed by atoms with Crippen molar-refractivity contribution in [2.45, 2.75) is 45.5 Å². The van der Waals surface area contributed by atoms with Gasteiger partial charge < -0.3 is 25.4 Å². The minimum Gasteiger partial charge on any atom is -0.497 e. The third-order valence-electron chi connectivity index (χ3n) is 4.89. The fraction of sp³-hybridized carbons (Fsp3) is 0.524. The van der Waals surface area contributed by atoms with Crippen LogP contribution in [-0.2, 0) is 35.6 Å². The van der Waals surface area contributed by atoms with Crippen LogP contribution < -0.4 is 20.7 Å². The summed E-state index contributed by atoms with van der Waals surface area (Å²) in [6, 6.07) is 7.75. The molecule has 168 valence electrons. The van der Waals surface area contributed by atoms with Gasteiger partial charge in [0.1, 0.15) is 24.7 Å². The molecule has 0 radical (unpaired) electrons. The number of hydrogen-bond donors (Lipinski definition) is 3. The molecule has 0 saturated carbocycles. The Morgan fingerprint density at radius 2 is 2.06 bits per heavy atom. The Kier molecular flexibility index (Phi) is 8.22. The Bertz CT molecular complexity index is 880. The molecular formula is C21H31N7O3. The van der Waals surface area contributed by atoms with Crippen LogP contribution in [0.2, 0.25) is 0 Å². The van der Waals surface area contributed by atoms with Crippen LogP contribution in [0.25, 0.3) is 0 Å². The lowest BCUT2D eigenvalue weighted by atomic mass is 10.1. The number of rotatable bonds is 9. The number of nitrogens with zero attached hydrogens (tertiary/aromatic N) is 4. The van der Waals surface area contributed by atoms with Crippen molar-refractivity contribution in [3.63, 3.8) is 0 Å². The van der Waals surface area contributed by atoms with E-state index in [1.807, 2.05) is 35.9 Å². The Morgan fingerprint density at radius 1 is 1.26 bits per heavy atom. The number of fused-ring (bicyclic) bond motifs is 1. The summed E-state index contributed by atoms with van der Waals surface area (Å²) in [5, 5.41) is 14.0. The molecule has 3 N–H and O–H groups in total. The average Bonchev–Trinajstić information content (AvgIpc) is 3.18. The van der Waals surface area contributed by atoms with Gasteiger partial charge in [0.25, 0.3) is 0 Å². The van der Waals surface area contributed by atoms with Crippen LogP contribution in [0.3, 0.4) is 0 Å². The first kappa shape index (κ1) is 22.5. The maximum Gasteiger partial charge on any atom is 0.242 e. The van der Waals surface area contributed by atoms with Gasteiger partial charge in [0.2, 0.25) is 5.91 Å². The van der Waals surface area contributed by atoms with Crippen molar-refractivity contribution in [3.05, 3.63) is 41.5 Å². The predicted molar refractivity (Wildman–Crippen MR) is 117 cm³/mol. The standard InChI is InChI=1S/C21H31N7O3/c1-4-22-21(24-12-20(29)23-11-15-5-8-17(31-3)9-6-15)25-16-7-10-19-26-18(14-30-2)27-28(19)13-16/h5-6,8-9,16H,4,7,10-14H2,1-3H3,(H,23,29)(H2,22,24,25). The molecule has 31 heavy (non-hydrogen) atoms. The summed E-state index contributed by atoms with van der Waals surface area (Å²) >= 11 is 0. The summed E-state index contributed by atoms with van der Waals surface area (Å²) in [6.45, 7) is 4.30. The van der Waals surface area contributed by atoms with Gasteiger partial charge in [-0.3, -0.25) is 4.79 Å². The van der Waals surface area contributed by atoms with Gasteiger partial charge >= 0.3 is 0 Å². The molecule has 1 unspecified atom stereocenters. The molecule has 0 saturated heterocycles. The molecule has 3 rings (SSSR count). The first-order valence-electron chi connectivity index (χ1n) is 10.5. The van der Waals surface area contributed by atoms with Crippen LogP contribution in [0.1, 0.15) is 30.6 Å². The number of aromatic nitrogens is 3. The topological polar surface area (TPSA) is 115 Å². The SMILES string of the molecule is CCNC(=NCC(=O)NCc1ccc(OC)cc1)NC1CCc2nc(COC)nn2C1. The molecular weight excluding hydrogens is 398 g/mol. The fourth-order valence-electron chi connectivity index (χ4n) is 3.33. The zero-order valence-electron chi connectivity index (χ0n) is 18.4. The lowest BCUT2D eigenvalue weighted by Gasteiger charge is -2.25. The molecule has 0 fully saturated rings. The second-order valence-electron chi connectivity index (χ2n) is 7.26. The van der Waals surface area contributed by atoms with Gasteiger partial charge in [-0.25, -0.2) is 14.7 Å². The number of methoxy groups -OCH3 is 2. The van der Waals surface area contributed by atoms with Crippen LogP contribution in [0, 0.1) is 0 Å². The van der Waals surface area contributed by atoms with Gasteiger partial charge in [-0.2, -0.15) is 5.10 Å². The summed E-state index contributed by atoms with van der Waals surface area (Å²) in [4.78, 5) is 21.2. The Balaban J connectivity index is 1.50. The zero-order valence-corrected chi connectivity index (χ0v) is 18.4. The van der Waals surface area contributed by atoms with Gasteiger partial charge in [-0.05, 0) is 31.0 Å². The Labute approximate surface area is 182 Å². The highest BCUT2D eigenvalue weighted by Gasteiger charge is 2.22. The summed E-state index contributed by atoms with van der Waals surface area (Å²) in [7, 11) is 3.26. The van der Waals surface area contributed by atoms with Crippen molar-refractivity contribution in [3.8, 4) is 5.75 Å². The Hall–Kier alpha value is -3.14. The molecule has 0 bridgehead atoms. The molecule has 1 aliphatic heterocycles. The lowest BCUT2D eigenvalue weighted by molar-refractivity contribution is -0.119. The molecule has 1 atom stereocenters. The predicted octanol–water partition coefficient (Wildman–Crippen LogP) is 0.619. The van der Waals surface area contributed by atoms with E-state index in [2.05, 4.69) is 31.0 Å². The molecule has 0 aliphatic carbocycles.